The predicted octanol–water partition coefficient (Wildman–Crippen LogP) is 2.55. The zero-order valence-electron chi connectivity index (χ0n) is 13.8. The quantitative estimate of drug-likeness (QED) is 0.870. The fraction of sp³-hybridized carbons (Fsp3) is 0.263. The van der Waals surface area contributed by atoms with Gasteiger partial charge in [-0.15, -0.1) is 0 Å². The first kappa shape index (κ1) is 15.7. The summed E-state index contributed by atoms with van der Waals surface area (Å²) in [4.78, 5) is 24.9. The van der Waals surface area contributed by atoms with Gasteiger partial charge in [-0.2, -0.15) is 0 Å². The molecule has 25 heavy (non-hydrogen) atoms. The molecule has 0 bridgehead atoms. The molecule has 0 aliphatic carbocycles. The maximum Gasteiger partial charge on any atom is 0.413 e. The Kier molecular flexibility index (Phi) is 3.69. The summed E-state index contributed by atoms with van der Waals surface area (Å²) >= 11 is 0. The van der Waals surface area contributed by atoms with E-state index in [0.717, 1.165) is 22.4 Å². The molecule has 1 amide bonds. The summed E-state index contributed by atoms with van der Waals surface area (Å²) in [6.07, 6.45) is -1.31. The van der Waals surface area contributed by atoms with Gasteiger partial charge in [0.1, 0.15) is 5.75 Å². The second-order valence-electron chi connectivity index (χ2n) is 6.25. The van der Waals surface area contributed by atoms with Gasteiger partial charge in [0, 0.05) is 17.7 Å². The number of ether oxygens (including phenoxy) is 2. The van der Waals surface area contributed by atoms with Gasteiger partial charge in [0.05, 0.1) is 6.54 Å². The van der Waals surface area contributed by atoms with Crippen molar-refractivity contribution >= 4 is 11.9 Å². The highest BCUT2D eigenvalue weighted by Crippen LogP contribution is 2.36. The van der Waals surface area contributed by atoms with Crippen LogP contribution in [0.3, 0.4) is 0 Å². The molecule has 0 unspecified atom stereocenters. The molecule has 6 heteroatoms. The molecule has 0 radical (unpaired) electrons. The van der Waals surface area contributed by atoms with E-state index in [-0.39, 0.29) is 12.3 Å². The number of hydrogen-bond acceptors (Lipinski definition) is 5. The molecule has 2 atom stereocenters. The lowest BCUT2D eigenvalue weighted by molar-refractivity contribution is 0.0221. The van der Waals surface area contributed by atoms with Crippen molar-refractivity contribution in [2.75, 3.05) is 6.54 Å². The zero-order chi connectivity index (χ0) is 17.6. The summed E-state index contributed by atoms with van der Waals surface area (Å²) < 4.78 is 11.2. The van der Waals surface area contributed by atoms with Crippen LogP contribution < -0.4 is 10.5 Å². The number of hydrogen-bond donors (Lipinski definition) is 1. The van der Waals surface area contributed by atoms with Gasteiger partial charge in [-0.05, 0) is 30.2 Å². The fourth-order valence-electron chi connectivity index (χ4n) is 3.23. The van der Waals surface area contributed by atoms with Crippen LogP contribution in [0.5, 0.6) is 5.75 Å². The largest absolute Gasteiger partial charge is 0.466 e. The van der Waals surface area contributed by atoms with Crippen LogP contribution in [0, 0.1) is 0 Å². The summed E-state index contributed by atoms with van der Waals surface area (Å²) in [6.45, 7) is 2.20. The molecular formula is C19H18N2O4. The number of cyclic esters (lactones) is 1. The number of ketones is 1. The molecule has 2 aliphatic heterocycles. The number of carbonyl (C=O) groups is 2. The first-order valence-electron chi connectivity index (χ1n) is 8.15. The van der Waals surface area contributed by atoms with Gasteiger partial charge >= 0.3 is 6.09 Å². The van der Waals surface area contributed by atoms with Gasteiger partial charge in [0.25, 0.3) is 0 Å². The van der Waals surface area contributed by atoms with E-state index in [4.69, 9.17) is 15.2 Å². The lowest BCUT2D eigenvalue weighted by Crippen LogP contribution is -2.46. The Morgan fingerprint density at radius 3 is 2.56 bits per heavy atom. The lowest BCUT2D eigenvalue weighted by atomic mass is 9.99. The summed E-state index contributed by atoms with van der Waals surface area (Å²) in [5.74, 6) is 0.778. The minimum atomic E-state index is -0.467. The molecule has 0 spiro atoms. The van der Waals surface area contributed by atoms with Crippen LogP contribution in [0.25, 0.3) is 11.1 Å². The van der Waals surface area contributed by atoms with Gasteiger partial charge in [-0.25, -0.2) is 4.79 Å². The van der Waals surface area contributed by atoms with E-state index in [0.29, 0.717) is 12.1 Å². The lowest BCUT2D eigenvalue weighted by Gasteiger charge is -2.31. The molecule has 0 saturated carbocycles. The summed E-state index contributed by atoms with van der Waals surface area (Å²) in [5, 5.41) is 0. The SMILES string of the molecule is CC(=O)c1ccc(-c2ccc3c(c2)CN2C(=O)O[C@@H](CN)[C@@H]2O3)cc1. The second kappa shape index (κ2) is 5.89. The van der Waals surface area contributed by atoms with Gasteiger partial charge in [0.2, 0.25) is 6.23 Å². The van der Waals surface area contributed by atoms with E-state index in [1.807, 2.05) is 42.5 Å². The van der Waals surface area contributed by atoms with Crippen molar-refractivity contribution in [2.45, 2.75) is 25.8 Å². The molecule has 4 rings (SSSR count). The van der Waals surface area contributed by atoms with E-state index in [2.05, 4.69) is 0 Å². The topological polar surface area (TPSA) is 81.9 Å². The van der Waals surface area contributed by atoms with Crippen molar-refractivity contribution in [3.8, 4) is 16.9 Å². The number of benzene rings is 2. The highest BCUT2D eigenvalue weighted by Gasteiger charge is 2.45. The van der Waals surface area contributed by atoms with Crippen LogP contribution in [0.1, 0.15) is 22.8 Å². The highest BCUT2D eigenvalue weighted by molar-refractivity contribution is 5.94. The maximum atomic E-state index is 12.0. The molecule has 2 heterocycles. The summed E-state index contributed by atoms with van der Waals surface area (Å²) in [7, 11) is 0. The Balaban J connectivity index is 1.64. The molecule has 128 valence electrons. The van der Waals surface area contributed by atoms with Crippen LogP contribution in [0.15, 0.2) is 42.5 Å². The van der Waals surface area contributed by atoms with E-state index in [9.17, 15) is 9.59 Å². The van der Waals surface area contributed by atoms with Gasteiger partial charge in [0.15, 0.2) is 11.9 Å². The Morgan fingerprint density at radius 1 is 1.16 bits per heavy atom. The van der Waals surface area contributed by atoms with E-state index < -0.39 is 18.4 Å². The normalized spacial score (nSPS) is 21.2. The predicted molar refractivity (Wildman–Crippen MR) is 91.2 cm³/mol. The van der Waals surface area contributed by atoms with Crippen molar-refractivity contribution in [3.05, 3.63) is 53.6 Å². The molecule has 1 saturated heterocycles. The molecule has 2 aromatic carbocycles. The maximum absolute atomic E-state index is 12.0. The van der Waals surface area contributed by atoms with Crippen LogP contribution in [-0.4, -0.2) is 35.7 Å². The van der Waals surface area contributed by atoms with Gasteiger partial charge in [-0.3, -0.25) is 9.69 Å². The number of carbonyl (C=O) groups excluding carboxylic acids is 2. The average molecular weight is 338 g/mol. The molecule has 2 N–H and O–H groups in total. The molecule has 6 nitrogen and oxygen atoms in total. The van der Waals surface area contributed by atoms with Crippen LogP contribution in [-0.2, 0) is 11.3 Å². The Hall–Kier alpha value is -2.86. The zero-order valence-corrected chi connectivity index (χ0v) is 13.8. The van der Waals surface area contributed by atoms with Gasteiger partial charge < -0.3 is 15.2 Å². The van der Waals surface area contributed by atoms with Gasteiger partial charge in [-0.1, -0.05) is 30.3 Å². The number of Topliss-reactive ketones (excluding diaryl/α,β-unsaturated/α-hetero) is 1. The third kappa shape index (κ3) is 2.64. The monoisotopic (exact) mass is 338 g/mol. The van der Waals surface area contributed by atoms with Crippen LogP contribution in [0.2, 0.25) is 0 Å². The first-order chi connectivity index (χ1) is 12.1. The smallest absolute Gasteiger partial charge is 0.413 e. The van der Waals surface area contributed by atoms with Crippen molar-refractivity contribution in [3.63, 3.8) is 0 Å². The van der Waals surface area contributed by atoms with Crippen LogP contribution >= 0.6 is 0 Å². The minimum Gasteiger partial charge on any atom is -0.466 e. The van der Waals surface area contributed by atoms with Crippen molar-refractivity contribution < 1.29 is 19.1 Å². The van der Waals surface area contributed by atoms with Crippen molar-refractivity contribution in [2.24, 2.45) is 5.73 Å². The summed E-state index contributed by atoms with van der Waals surface area (Å²) in [6, 6.07) is 13.3. The van der Waals surface area contributed by atoms with E-state index in [1.165, 1.54) is 0 Å². The summed E-state index contributed by atoms with van der Waals surface area (Å²) in [5.41, 5.74) is 9.24. The second-order valence-corrected chi connectivity index (χ2v) is 6.25. The number of nitrogens with zero attached hydrogens (tertiary/aromatic N) is 1. The highest BCUT2D eigenvalue weighted by atomic mass is 16.6. The average Bonchev–Trinajstić information content (AvgIpc) is 2.95. The molecular weight excluding hydrogens is 320 g/mol. The molecule has 2 aromatic rings. The fourth-order valence-corrected chi connectivity index (χ4v) is 3.23. The number of fused-ring (bicyclic) bond motifs is 2. The molecule has 1 fully saturated rings. The van der Waals surface area contributed by atoms with Crippen LogP contribution in [0.4, 0.5) is 4.79 Å². The number of rotatable bonds is 3. The van der Waals surface area contributed by atoms with Crippen molar-refractivity contribution in [1.29, 1.82) is 0 Å². The Morgan fingerprint density at radius 2 is 1.88 bits per heavy atom. The molecule has 0 aromatic heterocycles. The number of nitrogens with two attached hydrogens (primary N) is 1. The third-order valence-corrected chi connectivity index (χ3v) is 4.62. The standard InChI is InChI=1S/C19H18N2O4/c1-11(22)12-2-4-13(5-3-12)14-6-7-16-15(8-14)10-21-18(24-16)17(9-20)25-19(21)23/h2-8,17-18H,9-10,20H2,1H3/t17-,18-/m0/s1. The Labute approximate surface area is 145 Å². The van der Waals surface area contributed by atoms with E-state index >= 15 is 0 Å². The third-order valence-electron chi connectivity index (χ3n) is 4.62. The van der Waals surface area contributed by atoms with Crippen molar-refractivity contribution in [1.82, 2.24) is 4.90 Å². The Bertz CT molecular complexity index is 847. The van der Waals surface area contributed by atoms with E-state index in [1.54, 1.807) is 11.8 Å². The first-order valence-corrected chi connectivity index (χ1v) is 8.15. The number of amides is 1. The minimum absolute atomic E-state index is 0.0402. The molecule has 2 aliphatic rings.